The van der Waals surface area contributed by atoms with Gasteiger partial charge in [-0.25, -0.2) is 0 Å². The van der Waals surface area contributed by atoms with Crippen LogP contribution in [0.4, 0.5) is 0 Å². The molecule has 0 spiro atoms. The Morgan fingerprint density at radius 2 is 1.78 bits per heavy atom. The summed E-state index contributed by atoms with van der Waals surface area (Å²) >= 11 is 0. The SMILES string of the molecule is C[C@H](N)C#CC(C)(C)C. The van der Waals surface area contributed by atoms with Gasteiger partial charge in [-0.2, -0.15) is 0 Å². The minimum Gasteiger partial charge on any atom is -0.318 e. The van der Waals surface area contributed by atoms with Crippen LogP contribution in [0.15, 0.2) is 0 Å². The summed E-state index contributed by atoms with van der Waals surface area (Å²) in [6.07, 6.45) is 0. The predicted octanol–water partition coefficient (Wildman–Crippen LogP) is 1.38. The van der Waals surface area contributed by atoms with Gasteiger partial charge in [0.2, 0.25) is 0 Å². The van der Waals surface area contributed by atoms with Crippen molar-refractivity contribution < 1.29 is 0 Å². The Balaban J connectivity index is 3.88. The summed E-state index contributed by atoms with van der Waals surface area (Å²) in [5.41, 5.74) is 5.52. The summed E-state index contributed by atoms with van der Waals surface area (Å²) in [5.74, 6) is 5.96. The van der Waals surface area contributed by atoms with Gasteiger partial charge in [-0.05, 0) is 27.7 Å². The Hall–Kier alpha value is -0.480. The molecule has 9 heavy (non-hydrogen) atoms. The lowest BCUT2D eigenvalue weighted by atomic mass is 9.98. The minimum absolute atomic E-state index is 0.00391. The standard InChI is InChI=1S/C8H15N/c1-7(9)5-6-8(2,3)4/h7H,9H2,1-4H3/t7-/m0/s1. The first-order valence-corrected chi connectivity index (χ1v) is 3.20. The maximum atomic E-state index is 5.43. The lowest BCUT2D eigenvalue weighted by molar-refractivity contribution is 0.569. The van der Waals surface area contributed by atoms with Crippen molar-refractivity contribution >= 4 is 0 Å². The molecule has 0 aromatic carbocycles. The van der Waals surface area contributed by atoms with Crippen LogP contribution in [0, 0.1) is 17.3 Å². The third kappa shape index (κ3) is 7.52. The van der Waals surface area contributed by atoms with Gasteiger partial charge in [0, 0.05) is 5.41 Å². The van der Waals surface area contributed by atoms with Crippen molar-refractivity contribution in [3.8, 4) is 11.8 Å². The average Bonchev–Trinajstić information content (AvgIpc) is 1.59. The third-order valence-corrected chi connectivity index (χ3v) is 0.675. The van der Waals surface area contributed by atoms with Gasteiger partial charge in [0.15, 0.2) is 0 Å². The number of rotatable bonds is 0. The average molecular weight is 125 g/mol. The van der Waals surface area contributed by atoms with Crippen LogP contribution in [-0.4, -0.2) is 6.04 Å². The van der Waals surface area contributed by atoms with Crippen molar-refractivity contribution in [2.45, 2.75) is 33.7 Å². The van der Waals surface area contributed by atoms with Gasteiger partial charge in [0.1, 0.15) is 0 Å². The molecule has 1 heteroatoms. The molecule has 0 aliphatic rings. The number of nitrogens with two attached hydrogens (primary N) is 1. The van der Waals surface area contributed by atoms with Gasteiger partial charge < -0.3 is 5.73 Å². The van der Waals surface area contributed by atoms with E-state index in [2.05, 4.69) is 32.6 Å². The van der Waals surface area contributed by atoms with E-state index in [1.165, 1.54) is 0 Å². The highest BCUT2D eigenvalue weighted by molar-refractivity contribution is 5.11. The predicted molar refractivity (Wildman–Crippen MR) is 40.9 cm³/mol. The second-order valence-corrected chi connectivity index (χ2v) is 3.31. The van der Waals surface area contributed by atoms with Crippen LogP contribution >= 0.6 is 0 Å². The van der Waals surface area contributed by atoms with E-state index < -0.39 is 0 Å². The van der Waals surface area contributed by atoms with Crippen LogP contribution < -0.4 is 5.73 Å². The van der Waals surface area contributed by atoms with Crippen LogP contribution in [0.3, 0.4) is 0 Å². The van der Waals surface area contributed by atoms with Gasteiger partial charge in [-0.1, -0.05) is 11.8 Å². The lowest BCUT2D eigenvalue weighted by Gasteiger charge is -2.07. The topological polar surface area (TPSA) is 26.0 Å². The molecule has 1 atom stereocenters. The summed E-state index contributed by atoms with van der Waals surface area (Å²) in [6, 6.07) is 0.00391. The first-order chi connectivity index (χ1) is 3.92. The highest BCUT2D eigenvalue weighted by Crippen LogP contribution is 2.09. The summed E-state index contributed by atoms with van der Waals surface area (Å²) < 4.78 is 0. The molecule has 0 aromatic rings. The molecule has 0 bridgehead atoms. The van der Waals surface area contributed by atoms with Crippen LogP contribution in [-0.2, 0) is 0 Å². The zero-order valence-electron chi connectivity index (χ0n) is 6.65. The Labute approximate surface area is 57.6 Å². The molecule has 0 unspecified atom stereocenters. The van der Waals surface area contributed by atoms with Crippen LogP contribution in [0.5, 0.6) is 0 Å². The lowest BCUT2D eigenvalue weighted by Crippen LogP contribution is -2.12. The number of hydrogen-bond acceptors (Lipinski definition) is 1. The quantitative estimate of drug-likeness (QED) is 0.486. The maximum Gasteiger partial charge on any atom is 0.0636 e. The highest BCUT2D eigenvalue weighted by Gasteiger charge is 2.02. The van der Waals surface area contributed by atoms with Gasteiger partial charge in [0.05, 0.1) is 6.04 Å². The number of hydrogen-bond donors (Lipinski definition) is 1. The molecule has 0 aliphatic carbocycles. The van der Waals surface area contributed by atoms with E-state index in [-0.39, 0.29) is 11.5 Å². The second kappa shape index (κ2) is 2.89. The van der Waals surface area contributed by atoms with E-state index in [4.69, 9.17) is 5.73 Å². The Bertz CT molecular complexity index is 129. The van der Waals surface area contributed by atoms with Crippen LogP contribution in [0.2, 0.25) is 0 Å². The largest absolute Gasteiger partial charge is 0.318 e. The molecular weight excluding hydrogens is 110 g/mol. The van der Waals surface area contributed by atoms with E-state index in [0.29, 0.717) is 0 Å². The molecule has 0 rings (SSSR count). The molecule has 0 fully saturated rings. The van der Waals surface area contributed by atoms with Crippen LogP contribution in [0.1, 0.15) is 27.7 Å². The van der Waals surface area contributed by atoms with E-state index in [1.54, 1.807) is 0 Å². The van der Waals surface area contributed by atoms with Crippen molar-refractivity contribution in [3.05, 3.63) is 0 Å². The van der Waals surface area contributed by atoms with E-state index in [9.17, 15) is 0 Å². The molecule has 1 nitrogen and oxygen atoms in total. The van der Waals surface area contributed by atoms with Gasteiger partial charge >= 0.3 is 0 Å². The monoisotopic (exact) mass is 125 g/mol. The molecule has 0 amide bonds. The first-order valence-electron chi connectivity index (χ1n) is 3.20. The smallest absolute Gasteiger partial charge is 0.0636 e. The molecule has 0 saturated heterocycles. The van der Waals surface area contributed by atoms with Crippen molar-refractivity contribution in [3.63, 3.8) is 0 Å². The molecule has 0 heterocycles. The molecule has 0 saturated carbocycles. The zero-order chi connectivity index (χ0) is 7.49. The fourth-order valence-corrected chi connectivity index (χ4v) is 0.330. The molecule has 0 aliphatic heterocycles. The molecular formula is C8H15N. The van der Waals surface area contributed by atoms with E-state index in [0.717, 1.165) is 0 Å². The van der Waals surface area contributed by atoms with Crippen molar-refractivity contribution in [1.82, 2.24) is 0 Å². The summed E-state index contributed by atoms with van der Waals surface area (Å²) in [6.45, 7) is 8.10. The van der Waals surface area contributed by atoms with E-state index in [1.807, 2.05) is 6.92 Å². The van der Waals surface area contributed by atoms with Crippen molar-refractivity contribution in [1.29, 1.82) is 0 Å². The maximum absolute atomic E-state index is 5.43. The Morgan fingerprint density at radius 3 is 1.89 bits per heavy atom. The third-order valence-electron chi connectivity index (χ3n) is 0.675. The van der Waals surface area contributed by atoms with Gasteiger partial charge in [-0.3, -0.25) is 0 Å². The van der Waals surface area contributed by atoms with Gasteiger partial charge in [0.25, 0.3) is 0 Å². The zero-order valence-corrected chi connectivity index (χ0v) is 6.65. The molecule has 0 aromatic heterocycles. The van der Waals surface area contributed by atoms with Crippen molar-refractivity contribution in [2.75, 3.05) is 0 Å². The molecule has 0 radical (unpaired) electrons. The normalized spacial score (nSPS) is 13.9. The van der Waals surface area contributed by atoms with Crippen molar-refractivity contribution in [2.24, 2.45) is 11.1 Å². The Morgan fingerprint density at radius 1 is 1.33 bits per heavy atom. The first kappa shape index (κ1) is 8.52. The van der Waals surface area contributed by atoms with Crippen LogP contribution in [0.25, 0.3) is 0 Å². The summed E-state index contributed by atoms with van der Waals surface area (Å²) in [5, 5.41) is 0. The summed E-state index contributed by atoms with van der Waals surface area (Å²) in [7, 11) is 0. The summed E-state index contributed by atoms with van der Waals surface area (Å²) in [4.78, 5) is 0. The minimum atomic E-state index is 0.00391. The highest BCUT2D eigenvalue weighted by atomic mass is 14.6. The fourth-order valence-electron chi connectivity index (χ4n) is 0.330. The van der Waals surface area contributed by atoms with E-state index >= 15 is 0 Å². The van der Waals surface area contributed by atoms with Gasteiger partial charge in [-0.15, -0.1) is 0 Å². The molecule has 2 N–H and O–H groups in total. The fraction of sp³-hybridized carbons (Fsp3) is 0.750. The second-order valence-electron chi connectivity index (χ2n) is 3.31. The Kier molecular flexibility index (Phi) is 2.73. The molecule has 52 valence electrons.